The second kappa shape index (κ2) is 17.9. The van der Waals surface area contributed by atoms with E-state index in [0.29, 0.717) is 47.9 Å². The molecule has 3 rings (SSSR count). The molecule has 9 nitrogen and oxygen atoms in total. The summed E-state index contributed by atoms with van der Waals surface area (Å²) < 4.78 is 21.6. The van der Waals surface area contributed by atoms with E-state index < -0.39 is 11.9 Å². The number of carbonyl (C=O) groups excluding carboxylic acids is 3. The summed E-state index contributed by atoms with van der Waals surface area (Å²) in [6, 6.07) is 18.4. The van der Waals surface area contributed by atoms with Crippen LogP contribution in [0.4, 0.5) is 11.4 Å². The van der Waals surface area contributed by atoms with E-state index in [1.165, 1.54) is 18.2 Å². The van der Waals surface area contributed by atoms with Crippen molar-refractivity contribution in [2.45, 2.75) is 58.3 Å². The van der Waals surface area contributed by atoms with Crippen molar-refractivity contribution >= 4 is 35.4 Å². The largest absolute Gasteiger partial charge is 0.494 e. The molecule has 0 aliphatic rings. The third kappa shape index (κ3) is 12.7. The summed E-state index contributed by atoms with van der Waals surface area (Å²) in [4.78, 5) is 36.4. The number of ether oxygens (including phenoxy) is 4. The summed E-state index contributed by atoms with van der Waals surface area (Å²) in [6.07, 6.45) is 9.47. The zero-order valence-corrected chi connectivity index (χ0v) is 24.6. The third-order valence-corrected chi connectivity index (χ3v) is 6.30. The lowest BCUT2D eigenvalue weighted by atomic mass is 10.1. The van der Waals surface area contributed by atoms with Gasteiger partial charge in [0.1, 0.15) is 17.2 Å². The molecule has 0 heterocycles. The van der Waals surface area contributed by atoms with Crippen LogP contribution in [0.25, 0.3) is 6.08 Å². The smallest absolute Gasteiger partial charge is 0.338 e. The minimum absolute atomic E-state index is 0.276. The van der Waals surface area contributed by atoms with Gasteiger partial charge in [-0.05, 0) is 85.5 Å². The number of nitrogens with two attached hydrogens (primary N) is 2. The van der Waals surface area contributed by atoms with Crippen molar-refractivity contribution < 1.29 is 33.3 Å². The molecular formula is C34H40N2O7. The summed E-state index contributed by atoms with van der Waals surface area (Å²) in [5.41, 5.74) is 13.3. The zero-order valence-electron chi connectivity index (χ0n) is 24.6. The molecule has 0 bridgehead atoms. The number of rotatable bonds is 17. The molecule has 0 amide bonds. The van der Waals surface area contributed by atoms with E-state index in [1.54, 1.807) is 60.7 Å². The van der Waals surface area contributed by atoms with Crippen molar-refractivity contribution in [3.63, 3.8) is 0 Å². The fraction of sp³-hybridized carbons (Fsp3) is 0.324. The number of nitrogen functional groups attached to an aromatic ring is 2. The molecule has 0 aromatic heterocycles. The number of unbranched alkanes of at least 4 members (excludes halogenated alkanes) is 5. The molecule has 3 aromatic rings. The van der Waals surface area contributed by atoms with Crippen LogP contribution in [0.1, 0.15) is 74.2 Å². The van der Waals surface area contributed by atoms with Crippen molar-refractivity contribution in [2.24, 2.45) is 0 Å². The van der Waals surface area contributed by atoms with E-state index in [4.69, 9.17) is 30.4 Å². The van der Waals surface area contributed by atoms with Gasteiger partial charge in [0.25, 0.3) is 0 Å². The van der Waals surface area contributed by atoms with Crippen LogP contribution in [-0.4, -0.2) is 31.1 Å². The van der Waals surface area contributed by atoms with Gasteiger partial charge in [-0.1, -0.05) is 44.7 Å². The van der Waals surface area contributed by atoms with Gasteiger partial charge < -0.3 is 30.4 Å². The van der Waals surface area contributed by atoms with Gasteiger partial charge in [0.2, 0.25) is 0 Å². The highest BCUT2D eigenvalue weighted by Gasteiger charge is 2.09. The highest BCUT2D eigenvalue weighted by atomic mass is 16.5. The van der Waals surface area contributed by atoms with E-state index in [2.05, 4.69) is 6.92 Å². The topological polar surface area (TPSA) is 140 Å². The average Bonchev–Trinajstić information content (AvgIpc) is 2.98. The number of hydrogen-bond acceptors (Lipinski definition) is 9. The standard InChI is InChI=1S/C34H40N2O7/c1-2-3-7-20-40-29-15-17-31(18-16-29)43-33(38)19-12-25-10-13-30(14-11-25)42-32(37)9-6-4-5-8-21-41-34(39)26-22-27(35)24-28(36)23-26/h10-19,22-24H,2-9,20-21,35-36H2,1H3/b19-12+. The van der Waals surface area contributed by atoms with Gasteiger partial charge in [0, 0.05) is 23.9 Å². The predicted octanol–water partition coefficient (Wildman–Crippen LogP) is 6.75. The van der Waals surface area contributed by atoms with Gasteiger partial charge in [-0.3, -0.25) is 4.79 Å². The Kier molecular flexibility index (Phi) is 13.6. The Morgan fingerprint density at radius 1 is 0.698 bits per heavy atom. The Hall–Kier alpha value is -4.79. The average molecular weight is 589 g/mol. The van der Waals surface area contributed by atoms with Gasteiger partial charge in [-0.25, -0.2) is 9.59 Å². The summed E-state index contributed by atoms with van der Waals surface area (Å²) >= 11 is 0. The van der Waals surface area contributed by atoms with Gasteiger partial charge in [-0.15, -0.1) is 0 Å². The molecule has 0 unspecified atom stereocenters. The molecular weight excluding hydrogens is 548 g/mol. The van der Waals surface area contributed by atoms with E-state index in [0.717, 1.165) is 43.4 Å². The molecule has 0 aliphatic carbocycles. The molecule has 0 atom stereocenters. The van der Waals surface area contributed by atoms with Crippen LogP contribution in [0.3, 0.4) is 0 Å². The minimum atomic E-state index is -0.503. The number of anilines is 2. The van der Waals surface area contributed by atoms with Crippen molar-refractivity contribution in [3.05, 3.63) is 83.9 Å². The number of carbonyl (C=O) groups is 3. The number of esters is 3. The maximum absolute atomic E-state index is 12.2. The van der Waals surface area contributed by atoms with Crippen LogP contribution in [0.5, 0.6) is 17.2 Å². The third-order valence-electron chi connectivity index (χ3n) is 6.30. The molecule has 0 saturated heterocycles. The molecule has 0 aliphatic heterocycles. The molecule has 43 heavy (non-hydrogen) atoms. The quantitative estimate of drug-likeness (QED) is 0.0576. The first kappa shape index (κ1) is 32.7. The first-order valence-electron chi connectivity index (χ1n) is 14.6. The Bertz CT molecular complexity index is 1330. The minimum Gasteiger partial charge on any atom is -0.494 e. The maximum atomic E-state index is 12.2. The lowest BCUT2D eigenvalue weighted by Gasteiger charge is -2.07. The van der Waals surface area contributed by atoms with Crippen LogP contribution in [0, 0.1) is 0 Å². The molecule has 0 radical (unpaired) electrons. The number of benzene rings is 3. The van der Waals surface area contributed by atoms with E-state index in [9.17, 15) is 14.4 Å². The fourth-order valence-corrected chi connectivity index (χ4v) is 4.06. The second-order valence-electron chi connectivity index (χ2n) is 10.0. The second-order valence-corrected chi connectivity index (χ2v) is 10.0. The van der Waals surface area contributed by atoms with Crippen molar-refractivity contribution in [2.75, 3.05) is 24.7 Å². The van der Waals surface area contributed by atoms with E-state index in [-0.39, 0.29) is 19.0 Å². The Balaban J connectivity index is 1.28. The van der Waals surface area contributed by atoms with Crippen molar-refractivity contribution in [1.82, 2.24) is 0 Å². The summed E-state index contributed by atoms with van der Waals surface area (Å²) in [6.45, 7) is 3.09. The summed E-state index contributed by atoms with van der Waals surface area (Å²) in [5.74, 6) is 0.308. The normalized spacial score (nSPS) is 10.8. The van der Waals surface area contributed by atoms with Crippen LogP contribution in [0.15, 0.2) is 72.8 Å². The molecule has 3 aromatic carbocycles. The van der Waals surface area contributed by atoms with Crippen LogP contribution >= 0.6 is 0 Å². The molecule has 0 fully saturated rings. The molecule has 228 valence electrons. The first-order chi connectivity index (χ1) is 20.8. The predicted molar refractivity (Wildman–Crippen MR) is 167 cm³/mol. The lowest BCUT2D eigenvalue weighted by Crippen LogP contribution is -2.08. The molecule has 0 saturated carbocycles. The molecule has 9 heteroatoms. The van der Waals surface area contributed by atoms with Crippen molar-refractivity contribution in [1.29, 1.82) is 0 Å². The van der Waals surface area contributed by atoms with Gasteiger partial charge in [0.05, 0.1) is 18.8 Å². The first-order valence-corrected chi connectivity index (χ1v) is 14.6. The van der Waals surface area contributed by atoms with Gasteiger partial charge in [-0.2, -0.15) is 0 Å². The number of hydrogen-bond donors (Lipinski definition) is 2. The lowest BCUT2D eigenvalue weighted by molar-refractivity contribution is -0.134. The maximum Gasteiger partial charge on any atom is 0.338 e. The van der Waals surface area contributed by atoms with Gasteiger partial charge >= 0.3 is 17.9 Å². The summed E-state index contributed by atoms with van der Waals surface area (Å²) in [5, 5.41) is 0. The van der Waals surface area contributed by atoms with Crippen LogP contribution in [0.2, 0.25) is 0 Å². The van der Waals surface area contributed by atoms with E-state index in [1.807, 2.05) is 0 Å². The SMILES string of the molecule is CCCCCOc1ccc(OC(=O)/C=C/c2ccc(OC(=O)CCCCCCOC(=O)c3cc(N)cc(N)c3)cc2)cc1. The van der Waals surface area contributed by atoms with Crippen molar-refractivity contribution in [3.8, 4) is 17.2 Å². The van der Waals surface area contributed by atoms with Gasteiger partial charge in [0.15, 0.2) is 0 Å². The van der Waals surface area contributed by atoms with E-state index >= 15 is 0 Å². The highest BCUT2D eigenvalue weighted by molar-refractivity contribution is 5.91. The fourth-order valence-electron chi connectivity index (χ4n) is 4.06. The molecule has 0 spiro atoms. The summed E-state index contributed by atoms with van der Waals surface area (Å²) in [7, 11) is 0. The van der Waals surface area contributed by atoms with Crippen LogP contribution in [-0.2, 0) is 14.3 Å². The highest BCUT2D eigenvalue weighted by Crippen LogP contribution is 2.19. The van der Waals surface area contributed by atoms with Crippen LogP contribution < -0.4 is 25.7 Å². The Morgan fingerprint density at radius 3 is 2.00 bits per heavy atom. The molecule has 4 N–H and O–H groups in total. The Morgan fingerprint density at radius 2 is 1.30 bits per heavy atom. The Labute approximate surface area is 252 Å². The monoisotopic (exact) mass is 588 g/mol. The zero-order chi connectivity index (χ0) is 30.9.